The van der Waals surface area contributed by atoms with Crippen molar-refractivity contribution in [3.05, 3.63) is 29.3 Å². The van der Waals surface area contributed by atoms with E-state index in [9.17, 15) is 5.11 Å². The molecule has 0 spiro atoms. The summed E-state index contributed by atoms with van der Waals surface area (Å²) >= 11 is 0. The molecule has 1 aromatic rings. The molecular weight excluding hydrogens is 224 g/mol. The fourth-order valence-corrected chi connectivity index (χ4v) is 2.09. The maximum Gasteiger partial charge on any atom is 0.0992 e. The molecule has 18 heavy (non-hydrogen) atoms. The Morgan fingerprint density at radius 1 is 1.39 bits per heavy atom. The number of nitriles is 1. The molecule has 0 aliphatic rings. The van der Waals surface area contributed by atoms with Crippen LogP contribution in [0.5, 0.6) is 0 Å². The molecule has 1 rings (SSSR count). The Balaban J connectivity index is 3.15. The van der Waals surface area contributed by atoms with Gasteiger partial charge in [-0.3, -0.25) is 0 Å². The normalized spacial score (nSPS) is 12.9. The van der Waals surface area contributed by atoms with Crippen LogP contribution < -0.4 is 4.90 Å². The number of aliphatic hydroxyl groups is 1. The Kier molecular flexibility index (Phi) is 4.37. The van der Waals surface area contributed by atoms with Crippen molar-refractivity contribution in [2.45, 2.75) is 33.8 Å². The molecule has 1 aromatic carbocycles. The molecule has 98 valence electrons. The molecule has 0 aromatic heterocycles. The molecule has 3 heteroatoms. The van der Waals surface area contributed by atoms with Gasteiger partial charge >= 0.3 is 0 Å². The molecule has 0 amide bonds. The van der Waals surface area contributed by atoms with Gasteiger partial charge in [0, 0.05) is 24.8 Å². The average Bonchev–Trinajstić information content (AvgIpc) is 2.25. The van der Waals surface area contributed by atoms with E-state index >= 15 is 0 Å². The maximum absolute atomic E-state index is 9.81. The second kappa shape index (κ2) is 5.41. The first-order chi connectivity index (χ1) is 8.24. The van der Waals surface area contributed by atoms with Crippen molar-refractivity contribution in [2.24, 2.45) is 5.41 Å². The van der Waals surface area contributed by atoms with Crippen molar-refractivity contribution in [2.75, 3.05) is 18.5 Å². The van der Waals surface area contributed by atoms with E-state index in [1.165, 1.54) is 0 Å². The smallest absolute Gasteiger partial charge is 0.0992 e. The van der Waals surface area contributed by atoms with Crippen LogP contribution in [0.25, 0.3) is 0 Å². The first-order valence-corrected chi connectivity index (χ1v) is 6.18. The number of benzene rings is 1. The molecule has 0 fully saturated rings. The molecule has 3 nitrogen and oxygen atoms in total. The fourth-order valence-electron chi connectivity index (χ4n) is 2.09. The fraction of sp³-hybridized carbons (Fsp3) is 0.533. The molecule has 0 unspecified atom stereocenters. The van der Waals surface area contributed by atoms with Gasteiger partial charge in [-0.05, 0) is 24.5 Å². The van der Waals surface area contributed by atoms with Gasteiger partial charge in [0.2, 0.25) is 0 Å². The summed E-state index contributed by atoms with van der Waals surface area (Å²) in [5.41, 5.74) is 2.57. The van der Waals surface area contributed by atoms with Crippen LogP contribution in [0.4, 0.5) is 5.69 Å². The number of anilines is 1. The van der Waals surface area contributed by atoms with E-state index in [2.05, 4.69) is 31.7 Å². The minimum atomic E-state index is -0.532. The van der Waals surface area contributed by atoms with Gasteiger partial charge in [-0.25, -0.2) is 0 Å². The largest absolute Gasteiger partial charge is 0.389 e. The van der Waals surface area contributed by atoms with Gasteiger partial charge in [-0.2, -0.15) is 5.26 Å². The molecule has 0 saturated heterocycles. The third-order valence-corrected chi connectivity index (χ3v) is 2.73. The summed E-state index contributed by atoms with van der Waals surface area (Å²) in [6.45, 7) is 9.11. The summed E-state index contributed by atoms with van der Waals surface area (Å²) in [6, 6.07) is 7.56. The van der Waals surface area contributed by atoms with Crippen molar-refractivity contribution in [3.63, 3.8) is 0 Å². The van der Waals surface area contributed by atoms with E-state index < -0.39 is 6.10 Å². The van der Waals surface area contributed by atoms with Gasteiger partial charge in [0.25, 0.3) is 0 Å². The minimum absolute atomic E-state index is 0.160. The predicted molar refractivity (Wildman–Crippen MR) is 74.5 cm³/mol. The summed E-state index contributed by atoms with van der Waals surface area (Å²) in [7, 11) is 1.99. The Bertz CT molecular complexity index is 453. The zero-order chi connectivity index (χ0) is 13.9. The lowest BCUT2D eigenvalue weighted by atomic mass is 9.95. The zero-order valence-corrected chi connectivity index (χ0v) is 11.9. The molecule has 0 radical (unpaired) electrons. The van der Waals surface area contributed by atoms with E-state index in [-0.39, 0.29) is 5.41 Å². The maximum atomic E-state index is 9.81. The number of aliphatic hydroxyl groups excluding tert-OH is 1. The third kappa shape index (κ3) is 3.75. The summed E-state index contributed by atoms with van der Waals surface area (Å²) in [5.74, 6) is 0. The average molecular weight is 246 g/mol. The van der Waals surface area contributed by atoms with Crippen LogP contribution in [0.3, 0.4) is 0 Å². The standard InChI is InChI=1S/C15H22N2O/c1-11(18)13-7-6-12(9-16)8-14(13)17(5)10-15(2,3)4/h6-8,11,18H,10H2,1-5H3/t11-/m0/s1. The highest BCUT2D eigenvalue weighted by molar-refractivity contribution is 5.58. The van der Waals surface area contributed by atoms with Crippen LogP contribution in [0.15, 0.2) is 18.2 Å². The van der Waals surface area contributed by atoms with Crippen LogP contribution >= 0.6 is 0 Å². The highest BCUT2D eigenvalue weighted by Gasteiger charge is 2.18. The predicted octanol–water partition coefficient (Wildman–Crippen LogP) is 3.09. The highest BCUT2D eigenvalue weighted by atomic mass is 16.3. The second-order valence-corrected chi connectivity index (χ2v) is 5.98. The minimum Gasteiger partial charge on any atom is -0.389 e. The summed E-state index contributed by atoms with van der Waals surface area (Å²) in [6.07, 6.45) is -0.532. The van der Waals surface area contributed by atoms with Crippen molar-refractivity contribution >= 4 is 5.69 Å². The molecule has 0 saturated carbocycles. The first-order valence-electron chi connectivity index (χ1n) is 6.18. The van der Waals surface area contributed by atoms with Gasteiger partial charge in [-0.15, -0.1) is 0 Å². The quantitative estimate of drug-likeness (QED) is 0.891. The third-order valence-electron chi connectivity index (χ3n) is 2.73. The van der Waals surface area contributed by atoms with Crippen LogP contribution in [-0.4, -0.2) is 18.7 Å². The Labute approximate surface area is 110 Å². The number of rotatable bonds is 3. The van der Waals surface area contributed by atoms with E-state index in [1.54, 1.807) is 13.0 Å². The lowest BCUT2D eigenvalue weighted by molar-refractivity contribution is 0.199. The SMILES string of the molecule is C[C@H](O)c1ccc(C#N)cc1N(C)CC(C)(C)C. The van der Waals surface area contributed by atoms with Gasteiger partial charge < -0.3 is 10.0 Å². The van der Waals surface area contributed by atoms with Gasteiger partial charge in [0.15, 0.2) is 0 Å². The molecule has 1 N–H and O–H groups in total. The summed E-state index contributed by atoms with van der Waals surface area (Å²) in [4.78, 5) is 2.10. The number of nitrogens with zero attached hydrogens (tertiary/aromatic N) is 2. The van der Waals surface area contributed by atoms with Crippen LogP contribution in [-0.2, 0) is 0 Å². The number of hydrogen-bond acceptors (Lipinski definition) is 3. The van der Waals surface area contributed by atoms with Crippen molar-refractivity contribution < 1.29 is 5.11 Å². The van der Waals surface area contributed by atoms with E-state index in [1.807, 2.05) is 19.2 Å². The first kappa shape index (κ1) is 14.5. The Hall–Kier alpha value is -1.53. The van der Waals surface area contributed by atoms with Crippen molar-refractivity contribution in [1.82, 2.24) is 0 Å². The second-order valence-electron chi connectivity index (χ2n) is 5.98. The van der Waals surface area contributed by atoms with E-state index in [0.29, 0.717) is 5.56 Å². The van der Waals surface area contributed by atoms with Gasteiger partial charge in [0.05, 0.1) is 17.7 Å². The molecule has 1 atom stereocenters. The van der Waals surface area contributed by atoms with Crippen LogP contribution in [0, 0.1) is 16.7 Å². The van der Waals surface area contributed by atoms with E-state index in [0.717, 1.165) is 17.8 Å². The van der Waals surface area contributed by atoms with Crippen LogP contribution in [0.1, 0.15) is 44.9 Å². The summed E-state index contributed by atoms with van der Waals surface area (Å²) < 4.78 is 0. The highest BCUT2D eigenvalue weighted by Crippen LogP contribution is 2.29. The monoisotopic (exact) mass is 246 g/mol. The molecule has 0 aliphatic heterocycles. The van der Waals surface area contributed by atoms with E-state index in [4.69, 9.17) is 5.26 Å². The zero-order valence-electron chi connectivity index (χ0n) is 11.9. The lowest BCUT2D eigenvalue weighted by Gasteiger charge is -2.30. The molecule has 0 bridgehead atoms. The topological polar surface area (TPSA) is 47.3 Å². The Morgan fingerprint density at radius 3 is 2.44 bits per heavy atom. The lowest BCUT2D eigenvalue weighted by Crippen LogP contribution is -2.30. The molecular formula is C15H22N2O. The van der Waals surface area contributed by atoms with Crippen LogP contribution in [0.2, 0.25) is 0 Å². The van der Waals surface area contributed by atoms with Crippen molar-refractivity contribution in [3.8, 4) is 6.07 Å². The number of hydrogen-bond donors (Lipinski definition) is 1. The molecule has 0 aliphatic carbocycles. The summed E-state index contributed by atoms with van der Waals surface area (Å²) in [5, 5.41) is 18.8. The van der Waals surface area contributed by atoms with Gasteiger partial charge in [-0.1, -0.05) is 26.8 Å². The molecule has 0 heterocycles. The van der Waals surface area contributed by atoms with Gasteiger partial charge in [0.1, 0.15) is 0 Å². The Morgan fingerprint density at radius 2 is 2.00 bits per heavy atom. The van der Waals surface area contributed by atoms with Crippen molar-refractivity contribution in [1.29, 1.82) is 5.26 Å².